The van der Waals surface area contributed by atoms with Crippen molar-refractivity contribution in [3.8, 4) is 5.75 Å². The number of rotatable bonds is 10. The first kappa shape index (κ1) is 28.6. The van der Waals surface area contributed by atoms with Crippen LogP contribution in [-0.4, -0.2) is 44.3 Å². The summed E-state index contributed by atoms with van der Waals surface area (Å²) < 4.78 is 22.5. The molecule has 2 atom stereocenters. The Morgan fingerprint density at radius 1 is 0.791 bits per heavy atom. The number of aromatic nitrogens is 2. The van der Waals surface area contributed by atoms with Gasteiger partial charge in [-0.05, 0) is 0 Å². The third-order valence-corrected chi connectivity index (χ3v) is 9.57. The molecule has 6 rings (SSSR count). The number of hydrogen-bond donors (Lipinski definition) is 1. The van der Waals surface area contributed by atoms with Crippen LogP contribution in [0.3, 0.4) is 0 Å². The maximum atomic E-state index is 12.8. The number of nitrogens with zero attached hydrogens (tertiary/aromatic N) is 1. The number of hydrogen-bond acceptors (Lipinski definition) is 5. The van der Waals surface area contributed by atoms with E-state index in [4.69, 9.17) is 14.2 Å². The number of H-pyrrole nitrogens is 1. The predicted molar refractivity (Wildman–Crippen MR) is 167 cm³/mol. The Balaban J connectivity index is 1.40. The zero-order chi connectivity index (χ0) is 29.6. The summed E-state index contributed by atoms with van der Waals surface area (Å²) in [6, 6.07) is 39.6. The SMILES string of the molecule is COc1ccc(C(OC[C@@H]2C=C([Se]c3ccccc3)[C@H](n3ccc(=O)[nH]c3=O)O2)(c2ccccc2)c2ccccc2)cc1. The monoisotopic (exact) mass is 638 g/mol. The van der Waals surface area contributed by atoms with Crippen LogP contribution in [0.1, 0.15) is 22.9 Å². The van der Waals surface area contributed by atoms with Crippen LogP contribution in [-0.2, 0) is 15.1 Å². The van der Waals surface area contributed by atoms with Gasteiger partial charge in [0.25, 0.3) is 0 Å². The normalized spacial score (nSPS) is 16.5. The van der Waals surface area contributed by atoms with Crippen LogP contribution < -0.4 is 20.4 Å². The standard InChI is InChI=1S/C35H30N2O5Se/c1-40-28-19-17-27(18-20-28)35(25-11-5-2-6-12-25,26-13-7-3-8-14-26)41-24-29-23-31(43-30-15-9-4-10-16-30)33(42-29)37-22-21-32(38)36-34(37)39/h2-23,29,33H,24H2,1H3,(H,36,38,39)/t29-,33+/m0/s1. The van der Waals surface area contributed by atoms with Crippen LogP contribution in [0.15, 0.2) is 148 Å². The molecule has 43 heavy (non-hydrogen) atoms. The fourth-order valence-corrected chi connectivity index (χ4v) is 7.49. The van der Waals surface area contributed by atoms with E-state index in [-0.39, 0.29) is 21.6 Å². The van der Waals surface area contributed by atoms with Crippen molar-refractivity contribution in [2.75, 3.05) is 13.7 Å². The molecule has 1 aliphatic heterocycles. The molecule has 0 saturated carbocycles. The average Bonchev–Trinajstić information content (AvgIpc) is 3.45. The zero-order valence-corrected chi connectivity index (χ0v) is 25.2. The topological polar surface area (TPSA) is 82.5 Å². The van der Waals surface area contributed by atoms with Gasteiger partial charge in [0, 0.05) is 0 Å². The predicted octanol–water partition coefficient (Wildman–Crippen LogP) is 4.36. The van der Waals surface area contributed by atoms with E-state index in [0.717, 1.165) is 31.4 Å². The Labute approximate surface area is 255 Å². The first-order valence-corrected chi connectivity index (χ1v) is 15.6. The van der Waals surface area contributed by atoms with E-state index in [9.17, 15) is 9.59 Å². The Morgan fingerprint density at radius 3 is 1.95 bits per heavy atom. The van der Waals surface area contributed by atoms with E-state index in [0.29, 0.717) is 0 Å². The van der Waals surface area contributed by atoms with Gasteiger partial charge in [-0.25, -0.2) is 0 Å². The molecule has 4 aromatic carbocycles. The van der Waals surface area contributed by atoms with E-state index < -0.39 is 29.2 Å². The van der Waals surface area contributed by atoms with Crippen LogP contribution in [0, 0.1) is 0 Å². The Kier molecular flexibility index (Phi) is 8.54. The molecule has 2 heterocycles. The van der Waals surface area contributed by atoms with Crippen molar-refractivity contribution in [3.05, 3.63) is 176 Å². The molecule has 0 spiro atoms. The summed E-state index contributed by atoms with van der Waals surface area (Å²) in [5, 5.41) is 0. The van der Waals surface area contributed by atoms with E-state index in [1.165, 1.54) is 16.8 Å². The molecule has 0 radical (unpaired) electrons. The molecule has 5 aromatic rings. The summed E-state index contributed by atoms with van der Waals surface area (Å²) in [4.78, 5) is 27.0. The van der Waals surface area contributed by atoms with Crippen molar-refractivity contribution in [1.29, 1.82) is 0 Å². The molecular formula is C35H30N2O5Se. The van der Waals surface area contributed by atoms with Gasteiger partial charge in [-0.15, -0.1) is 0 Å². The second kappa shape index (κ2) is 12.8. The van der Waals surface area contributed by atoms with Crippen LogP contribution >= 0.6 is 0 Å². The number of nitrogens with one attached hydrogen (secondary N) is 1. The molecule has 8 heteroatoms. The summed E-state index contributed by atoms with van der Waals surface area (Å²) in [6.07, 6.45) is 2.43. The van der Waals surface area contributed by atoms with Crippen LogP contribution in [0.5, 0.6) is 5.75 Å². The van der Waals surface area contributed by atoms with Crippen molar-refractivity contribution >= 4 is 19.4 Å². The Morgan fingerprint density at radius 2 is 1.37 bits per heavy atom. The molecule has 216 valence electrons. The van der Waals surface area contributed by atoms with Gasteiger partial charge in [0.15, 0.2) is 0 Å². The van der Waals surface area contributed by atoms with E-state index >= 15 is 0 Å². The molecule has 1 aromatic heterocycles. The summed E-state index contributed by atoms with van der Waals surface area (Å²) in [5.41, 5.74) is 0.952. The van der Waals surface area contributed by atoms with Crippen molar-refractivity contribution in [3.63, 3.8) is 0 Å². The summed E-state index contributed by atoms with van der Waals surface area (Å²) in [5.74, 6) is 0.753. The minimum absolute atomic E-state index is 0.123. The number of benzene rings is 4. The van der Waals surface area contributed by atoms with Gasteiger partial charge in [-0.1, -0.05) is 0 Å². The van der Waals surface area contributed by atoms with E-state index in [2.05, 4.69) is 47.5 Å². The summed E-state index contributed by atoms with van der Waals surface area (Å²) in [7, 11) is 1.65. The van der Waals surface area contributed by atoms with Crippen molar-refractivity contribution in [2.45, 2.75) is 17.9 Å². The van der Waals surface area contributed by atoms with Crippen molar-refractivity contribution < 1.29 is 14.2 Å². The van der Waals surface area contributed by atoms with E-state index in [1.54, 1.807) is 7.11 Å². The number of ether oxygens (including phenoxy) is 3. The summed E-state index contributed by atoms with van der Waals surface area (Å²) in [6.45, 7) is 0.207. The van der Waals surface area contributed by atoms with Crippen molar-refractivity contribution in [2.24, 2.45) is 0 Å². The quantitative estimate of drug-likeness (QED) is 0.182. The first-order valence-electron chi connectivity index (χ1n) is 13.9. The van der Waals surface area contributed by atoms with Crippen LogP contribution in [0.2, 0.25) is 0 Å². The molecule has 1 aliphatic rings. The number of methoxy groups -OCH3 is 1. The molecule has 0 bridgehead atoms. The molecular weight excluding hydrogens is 607 g/mol. The van der Waals surface area contributed by atoms with Gasteiger partial charge >= 0.3 is 256 Å². The second-order valence-electron chi connectivity index (χ2n) is 9.98. The van der Waals surface area contributed by atoms with Gasteiger partial charge in [0.1, 0.15) is 0 Å². The van der Waals surface area contributed by atoms with Gasteiger partial charge in [-0.3, -0.25) is 0 Å². The first-order chi connectivity index (χ1) is 21.1. The van der Waals surface area contributed by atoms with Gasteiger partial charge in [0.05, 0.1) is 0 Å². The maximum absolute atomic E-state index is 12.8. The van der Waals surface area contributed by atoms with Gasteiger partial charge in [-0.2, -0.15) is 0 Å². The van der Waals surface area contributed by atoms with Crippen LogP contribution in [0.25, 0.3) is 0 Å². The molecule has 1 N–H and O–H groups in total. The fourth-order valence-electron chi connectivity index (χ4n) is 5.28. The van der Waals surface area contributed by atoms with Crippen molar-refractivity contribution in [1.82, 2.24) is 9.55 Å². The molecule has 0 amide bonds. The Bertz CT molecular complexity index is 1760. The number of aromatic amines is 1. The van der Waals surface area contributed by atoms with Gasteiger partial charge in [0.2, 0.25) is 0 Å². The zero-order valence-electron chi connectivity index (χ0n) is 23.5. The third-order valence-electron chi connectivity index (χ3n) is 7.30. The second-order valence-corrected chi connectivity index (χ2v) is 12.4. The molecule has 0 unspecified atom stereocenters. The molecule has 7 nitrogen and oxygen atoms in total. The van der Waals surface area contributed by atoms with E-state index in [1.807, 2.05) is 78.9 Å². The fraction of sp³-hybridized carbons (Fsp3) is 0.143. The summed E-state index contributed by atoms with van der Waals surface area (Å²) >= 11 is -0.123. The van der Waals surface area contributed by atoms with Crippen LogP contribution in [0.4, 0.5) is 0 Å². The Hall–Kier alpha value is -4.46. The van der Waals surface area contributed by atoms with Gasteiger partial charge < -0.3 is 0 Å². The molecule has 0 fully saturated rings. The molecule has 0 saturated heterocycles. The average molecular weight is 638 g/mol. The minimum atomic E-state index is -0.955. The third kappa shape index (κ3) is 6.05. The molecule has 0 aliphatic carbocycles.